The third-order valence-corrected chi connectivity index (χ3v) is 13.7. The smallest absolute Gasteiger partial charge is 0.329 e. The van der Waals surface area contributed by atoms with E-state index >= 15 is 0 Å². The molecule has 3 heterocycles. The van der Waals surface area contributed by atoms with E-state index in [1.54, 1.807) is 28.3 Å². The Morgan fingerprint density at radius 1 is 0.839 bits per heavy atom. The Kier molecular flexibility index (Phi) is 17.8. The van der Waals surface area contributed by atoms with E-state index in [4.69, 9.17) is 23.7 Å². The summed E-state index contributed by atoms with van der Waals surface area (Å²) < 4.78 is 29.8. The number of rotatable bonds is 8. The monoisotopic (exact) mass is 796 g/mol. The van der Waals surface area contributed by atoms with Crippen LogP contribution >= 0.6 is 0 Å². The van der Waals surface area contributed by atoms with Gasteiger partial charge < -0.3 is 43.9 Å². The van der Waals surface area contributed by atoms with Crippen molar-refractivity contribution in [3.8, 4) is 0 Å². The number of nitrogens with zero attached hydrogens (tertiary/aromatic N) is 1. The van der Waals surface area contributed by atoms with Gasteiger partial charge in [0.25, 0.3) is 11.7 Å². The molecule has 3 saturated heterocycles. The molecule has 1 saturated carbocycles. The molecule has 322 valence electrons. The number of aliphatic hydroxyl groups excluding tert-OH is 2. The molecule has 1 amide bonds. The average Bonchev–Trinajstić information content (AvgIpc) is 3.18. The minimum absolute atomic E-state index is 0.00449. The molecule has 4 aliphatic rings. The number of amides is 1. The number of hydrogen-bond acceptors (Lipinski definition) is 12. The largest absolute Gasteiger partial charge is 0.460 e. The van der Waals surface area contributed by atoms with Crippen LogP contribution in [0.2, 0.25) is 0 Å². The summed E-state index contributed by atoms with van der Waals surface area (Å²) in [5.41, 5.74) is 0. The number of fused-ring (bicyclic) bond motifs is 3. The van der Waals surface area contributed by atoms with E-state index in [-0.39, 0.29) is 61.4 Å². The van der Waals surface area contributed by atoms with Gasteiger partial charge in [0, 0.05) is 52.0 Å². The van der Waals surface area contributed by atoms with Crippen molar-refractivity contribution in [3.63, 3.8) is 0 Å². The number of hydrogen-bond donors (Lipinski definition) is 3. The maximum atomic E-state index is 14.3. The van der Waals surface area contributed by atoms with Crippen LogP contribution in [0.1, 0.15) is 131 Å². The lowest BCUT2D eigenvalue weighted by Gasteiger charge is -2.46. The molecule has 2 bridgehead atoms. The number of methoxy groups -OCH3 is 3. The number of ketones is 2. The second-order valence-corrected chi connectivity index (χ2v) is 17.8. The summed E-state index contributed by atoms with van der Waals surface area (Å²) in [6.07, 6.45) is 3.85. The molecule has 3 N–H and O–H groups in total. The number of esters is 1. The molecular weight excluding hydrogens is 722 g/mol. The van der Waals surface area contributed by atoms with E-state index in [0.29, 0.717) is 51.4 Å². The van der Waals surface area contributed by atoms with Gasteiger partial charge in [0.05, 0.1) is 30.5 Å². The van der Waals surface area contributed by atoms with Crippen molar-refractivity contribution in [2.45, 2.75) is 185 Å². The van der Waals surface area contributed by atoms with Gasteiger partial charge in [-0.15, -0.1) is 0 Å². The summed E-state index contributed by atoms with van der Waals surface area (Å²) in [4.78, 5) is 57.8. The Morgan fingerprint density at radius 2 is 1.54 bits per heavy atom. The average molecular weight is 796 g/mol. The lowest BCUT2D eigenvalue weighted by molar-refractivity contribution is -0.302. The van der Waals surface area contributed by atoms with Crippen molar-refractivity contribution in [1.82, 2.24) is 4.90 Å². The van der Waals surface area contributed by atoms with Gasteiger partial charge in [0.15, 0.2) is 0 Å². The van der Waals surface area contributed by atoms with Gasteiger partial charge in [0.2, 0.25) is 5.79 Å². The molecule has 4 rings (SSSR count). The lowest BCUT2D eigenvalue weighted by atomic mass is 9.76. The Morgan fingerprint density at radius 3 is 2.20 bits per heavy atom. The summed E-state index contributed by atoms with van der Waals surface area (Å²) >= 11 is 0. The Balaban J connectivity index is 1.70. The van der Waals surface area contributed by atoms with Crippen molar-refractivity contribution in [2.24, 2.45) is 35.5 Å². The molecular formula is C43H73NO12. The molecule has 56 heavy (non-hydrogen) atoms. The Bertz CT molecular complexity index is 1300. The van der Waals surface area contributed by atoms with Crippen molar-refractivity contribution in [2.75, 3.05) is 27.9 Å². The standard InChI is InChI=1S/C43H73NO12/c1-9-13-30-20-25(2)14-12-16-35(52-6)39-37(54-8)22-27(4)43(51,56-39)40(48)41(49)44-19-11-10-15-31(44)42(50)55-38(28(5)33(46)24-34(30)47)26(3)21-29-17-18-32(45)36(23-29)53-7/h25-33,35-39,45-46,51H,9-24H2,1-8H3/t25?,26?,27-,28-,29+,30-,31+,32-,33+,35+,36-,37+,38-,39-,43-/m1/s1. The van der Waals surface area contributed by atoms with Crippen LogP contribution in [-0.4, -0.2) is 126 Å². The lowest BCUT2D eigenvalue weighted by Crippen LogP contribution is -2.64. The van der Waals surface area contributed by atoms with Crippen molar-refractivity contribution in [3.05, 3.63) is 0 Å². The van der Waals surface area contributed by atoms with Crippen LogP contribution in [0.5, 0.6) is 0 Å². The number of carbonyl (C=O) groups is 4. The zero-order valence-electron chi connectivity index (χ0n) is 35.4. The van der Waals surface area contributed by atoms with Crippen LogP contribution in [0.4, 0.5) is 0 Å². The van der Waals surface area contributed by atoms with Crippen molar-refractivity contribution < 1.29 is 58.2 Å². The Labute approximate surface area is 334 Å². The van der Waals surface area contributed by atoms with E-state index in [2.05, 4.69) is 13.8 Å². The predicted molar refractivity (Wildman–Crippen MR) is 208 cm³/mol. The maximum absolute atomic E-state index is 14.3. The molecule has 3 aliphatic heterocycles. The quantitative estimate of drug-likeness (QED) is 0.227. The number of aliphatic hydroxyl groups is 3. The second-order valence-electron chi connectivity index (χ2n) is 17.8. The number of ether oxygens (including phenoxy) is 5. The summed E-state index contributed by atoms with van der Waals surface area (Å²) in [6.45, 7) is 9.72. The molecule has 0 aromatic carbocycles. The summed E-state index contributed by atoms with van der Waals surface area (Å²) in [6, 6.07) is -1.09. The van der Waals surface area contributed by atoms with Crippen LogP contribution in [0.25, 0.3) is 0 Å². The van der Waals surface area contributed by atoms with Gasteiger partial charge in [-0.05, 0) is 88.4 Å². The highest BCUT2D eigenvalue weighted by Crippen LogP contribution is 2.39. The van der Waals surface area contributed by atoms with E-state index in [0.717, 1.165) is 25.7 Å². The van der Waals surface area contributed by atoms with Gasteiger partial charge in [-0.3, -0.25) is 14.4 Å². The summed E-state index contributed by atoms with van der Waals surface area (Å²) in [5, 5.41) is 34.2. The van der Waals surface area contributed by atoms with Gasteiger partial charge in [-0.25, -0.2) is 4.79 Å². The minimum atomic E-state index is -2.47. The second kappa shape index (κ2) is 21.3. The fourth-order valence-electron chi connectivity index (χ4n) is 10.1. The van der Waals surface area contributed by atoms with Gasteiger partial charge in [-0.2, -0.15) is 0 Å². The highest BCUT2D eigenvalue weighted by atomic mass is 16.7. The van der Waals surface area contributed by atoms with Crippen molar-refractivity contribution in [1.29, 1.82) is 0 Å². The first-order chi connectivity index (χ1) is 26.6. The zero-order chi connectivity index (χ0) is 41.3. The number of Topliss-reactive ketones (excluding diaryl/α,β-unsaturated/α-hetero) is 2. The predicted octanol–water partition coefficient (Wildman–Crippen LogP) is 4.78. The molecule has 0 aromatic rings. The highest BCUT2D eigenvalue weighted by Gasteiger charge is 2.56. The van der Waals surface area contributed by atoms with Crippen LogP contribution in [-0.2, 0) is 42.9 Å². The molecule has 1 aliphatic carbocycles. The van der Waals surface area contributed by atoms with Gasteiger partial charge in [-0.1, -0.05) is 53.9 Å². The fourth-order valence-corrected chi connectivity index (χ4v) is 10.1. The van der Waals surface area contributed by atoms with Crippen LogP contribution in [0, 0.1) is 35.5 Å². The third-order valence-electron chi connectivity index (χ3n) is 13.7. The molecule has 2 unspecified atom stereocenters. The fraction of sp³-hybridized carbons (Fsp3) is 0.907. The maximum Gasteiger partial charge on any atom is 0.329 e. The topological polar surface area (TPSA) is 178 Å². The molecule has 4 fully saturated rings. The number of cyclic esters (lactones) is 1. The highest BCUT2D eigenvalue weighted by molar-refractivity contribution is 6.39. The summed E-state index contributed by atoms with van der Waals surface area (Å²) in [7, 11) is 4.68. The number of carbonyl (C=O) groups excluding carboxylic acids is 4. The van der Waals surface area contributed by atoms with Crippen molar-refractivity contribution >= 4 is 23.4 Å². The van der Waals surface area contributed by atoms with E-state index in [1.807, 2.05) is 13.8 Å². The van der Waals surface area contributed by atoms with Gasteiger partial charge in [0.1, 0.15) is 24.0 Å². The summed E-state index contributed by atoms with van der Waals surface area (Å²) in [5.74, 6) is -6.86. The van der Waals surface area contributed by atoms with Gasteiger partial charge >= 0.3 is 5.97 Å². The third kappa shape index (κ3) is 11.2. The first-order valence-corrected chi connectivity index (χ1v) is 21.5. The minimum Gasteiger partial charge on any atom is -0.460 e. The molecule has 13 nitrogen and oxygen atoms in total. The van der Waals surface area contributed by atoms with E-state index < -0.39 is 77.9 Å². The SMILES string of the molecule is CCC[C@@H]1CC(C)CCC[C@H](OC)[C@H]2O[C@@](O)(C(=O)C(=O)N3CCCC[C@H]3C(=O)O[C@H](C(C)C[C@@H]3CC[C@@H](O)[C@H](OC)C3)[C@H](C)[C@@H](O)CC1=O)[C@H](C)C[C@@H]2OC. The molecule has 15 atom stereocenters. The molecule has 0 spiro atoms. The van der Waals surface area contributed by atoms with E-state index in [9.17, 15) is 34.5 Å². The first-order valence-electron chi connectivity index (χ1n) is 21.5. The normalized spacial score (nSPS) is 41.0. The van der Waals surface area contributed by atoms with Crippen LogP contribution in [0.15, 0.2) is 0 Å². The molecule has 0 radical (unpaired) electrons. The Hall–Kier alpha value is -2.00. The van der Waals surface area contributed by atoms with E-state index in [1.165, 1.54) is 4.90 Å². The first kappa shape index (κ1) is 46.7. The number of piperidine rings is 1. The van der Waals surface area contributed by atoms with Crippen LogP contribution in [0.3, 0.4) is 0 Å². The zero-order valence-corrected chi connectivity index (χ0v) is 35.4. The van der Waals surface area contributed by atoms with Crippen LogP contribution < -0.4 is 0 Å². The molecule has 0 aromatic heterocycles. The molecule has 13 heteroatoms.